The lowest BCUT2D eigenvalue weighted by Gasteiger charge is -2.23. The van der Waals surface area contributed by atoms with Gasteiger partial charge in [0.05, 0.1) is 28.1 Å². The summed E-state index contributed by atoms with van der Waals surface area (Å²) < 4.78 is 68.1. The molecule has 2 unspecified atom stereocenters. The molecule has 0 radical (unpaired) electrons. The normalized spacial score (nSPS) is 18.6. The SMILES string of the molecule is CCC(C)OC(=O)NS(=O)(=O)c1ccc(N2CC(c3cccc4[nH]c(-c5cc(S(=O)(=O)NC(=O)OC(C)C)ccc5N5CC[C@H](O)C5)cc34)[C@H](O)C2)c(-c2cc3ccccc3[nH]2)c1. The van der Waals surface area contributed by atoms with Gasteiger partial charge in [0, 0.05) is 87.8 Å². The summed E-state index contributed by atoms with van der Waals surface area (Å²) in [6.45, 7) is 8.17. The van der Waals surface area contributed by atoms with E-state index in [0.29, 0.717) is 66.4 Å². The van der Waals surface area contributed by atoms with Crippen molar-refractivity contribution in [2.75, 3.05) is 36.0 Å². The number of H-pyrrole nitrogens is 2. The first-order valence-corrected chi connectivity index (χ1v) is 23.8. The van der Waals surface area contributed by atoms with Gasteiger partial charge in [-0.25, -0.2) is 35.9 Å². The second kappa shape index (κ2) is 17.2. The van der Waals surface area contributed by atoms with E-state index in [1.54, 1.807) is 32.9 Å². The third-order valence-corrected chi connectivity index (χ3v) is 14.2. The Morgan fingerprint density at radius 1 is 0.730 bits per heavy atom. The summed E-state index contributed by atoms with van der Waals surface area (Å²) in [5.74, 6) is -0.413. The second-order valence-corrected chi connectivity index (χ2v) is 19.7. The number of nitrogens with zero attached hydrogens (tertiary/aromatic N) is 2. The Kier molecular flexibility index (Phi) is 11.9. The van der Waals surface area contributed by atoms with Crippen LogP contribution in [0, 0.1) is 0 Å². The Balaban J connectivity index is 1.15. The highest BCUT2D eigenvalue weighted by molar-refractivity contribution is 7.90. The summed E-state index contributed by atoms with van der Waals surface area (Å²) in [6.07, 6.45) is -3.53. The first-order chi connectivity index (χ1) is 30.0. The number of hydrogen-bond acceptors (Lipinski definition) is 12. The molecule has 2 amide bonds. The number of amides is 2. The number of carbonyl (C=O) groups excluding carboxylic acids is 2. The van der Waals surface area contributed by atoms with Crippen molar-refractivity contribution >= 4 is 65.4 Å². The van der Waals surface area contributed by atoms with E-state index in [-0.39, 0.29) is 16.3 Å². The third-order valence-electron chi connectivity index (χ3n) is 11.6. The van der Waals surface area contributed by atoms with E-state index >= 15 is 0 Å². The van der Waals surface area contributed by atoms with E-state index in [4.69, 9.17) is 9.47 Å². The number of ether oxygens (including phenoxy) is 2. The molecule has 4 aromatic carbocycles. The highest BCUT2D eigenvalue weighted by atomic mass is 32.2. The van der Waals surface area contributed by atoms with E-state index in [2.05, 4.69) is 9.97 Å². The van der Waals surface area contributed by atoms with Gasteiger partial charge in [-0.2, -0.15) is 0 Å². The van der Waals surface area contributed by atoms with Crippen molar-refractivity contribution in [2.24, 2.45) is 0 Å². The lowest BCUT2D eigenvalue weighted by Crippen LogP contribution is -2.33. The molecule has 0 bridgehead atoms. The fraction of sp³-hybridized carbons (Fsp3) is 0.333. The fourth-order valence-corrected chi connectivity index (χ4v) is 10.1. The van der Waals surface area contributed by atoms with Gasteiger partial charge >= 0.3 is 12.2 Å². The van der Waals surface area contributed by atoms with Crippen LogP contribution in [-0.2, 0) is 29.5 Å². The van der Waals surface area contributed by atoms with Crippen molar-refractivity contribution in [3.63, 3.8) is 0 Å². The average molecular weight is 899 g/mol. The van der Waals surface area contributed by atoms with Gasteiger partial charge in [-0.1, -0.05) is 37.3 Å². The molecule has 18 heteroatoms. The maximum Gasteiger partial charge on any atom is 0.421 e. The van der Waals surface area contributed by atoms with Crippen LogP contribution in [0.1, 0.15) is 52.0 Å². The summed E-state index contributed by atoms with van der Waals surface area (Å²) in [7, 11) is -8.67. The van der Waals surface area contributed by atoms with Gasteiger partial charge in [0.1, 0.15) is 6.10 Å². The molecule has 2 saturated heterocycles. The second-order valence-electron chi connectivity index (χ2n) is 16.4. The van der Waals surface area contributed by atoms with Crippen LogP contribution in [0.25, 0.3) is 44.3 Å². The van der Waals surface area contributed by atoms with Crippen LogP contribution in [-0.4, -0.2) is 99.8 Å². The van der Waals surface area contributed by atoms with Crippen LogP contribution < -0.4 is 19.2 Å². The van der Waals surface area contributed by atoms with Crippen molar-refractivity contribution in [3.05, 3.63) is 96.6 Å². The summed E-state index contributed by atoms with van der Waals surface area (Å²) >= 11 is 0. The smallest absolute Gasteiger partial charge is 0.421 e. The standard InChI is InChI=1S/C45H50N6O10S2/c1-5-27(4)61-45(55)49-63(58,59)31-14-16-42(34(20-31)39-19-28-9-6-7-11-37(28)46-39)51-24-36(43(53)25-51)32-10-8-12-38-33(32)22-40(47-38)35-21-30(62(56,57)48-44(54)60-26(2)3)13-15-41(35)50-18-17-29(52)23-50/h6-16,19-22,26-27,29,36,43,46-47,52-53H,5,17-18,23-25H2,1-4H3,(H,48,54)(H,49,55)/t27?,29-,36?,43+/m0/s1. The lowest BCUT2D eigenvalue weighted by atomic mass is 9.93. The van der Waals surface area contributed by atoms with Crippen LogP contribution in [0.3, 0.4) is 0 Å². The highest BCUT2D eigenvalue weighted by Gasteiger charge is 2.36. The van der Waals surface area contributed by atoms with Gasteiger partial charge in [-0.3, -0.25) is 0 Å². The number of aromatic amines is 2. The number of aromatic nitrogens is 2. The zero-order chi connectivity index (χ0) is 44.8. The molecule has 16 nitrogen and oxygen atoms in total. The van der Waals surface area contributed by atoms with Gasteiger partial charge in [0.2, 0.25) is 0 Å². The molecule has 4 heterocycles. The monoisotopic (exact) mass is 898 g/mol. The van der Waals surface area contributed by atoms with Crippen LogP contribution >= 0.6 is 0 Å². The maximum absolute atomic E-state index is 13.5. The molecular weight excluding hydrogens is 849 g/mol. The molecule has 6 aromatic rings. The molecule has 2 aliphatic rings. The maximum atomic E-state index is 13.5. The molecule has 2 aliphatic heterocycles. The molecule has 63 heavy (non-hydrogen) atoms. The molecule has 0 spiro atoms. The topological polar surface area (TPSA) is 223 Å². The minimum Gasteiger partial charge on any atom is -0.446 e. The highest BCUT2D eigenvalue weighted by Crippen LogP contribution is 2.42. The van der Waals surface area contributed by atoms with E-state index in [0.717, 1.165) is 27.4 Å². The Labute approximate surface area is 365 Å². The number of anilines is 2. The Hall–Kier alpha value is -6.08. The number of aliphatic hydroxyl groups is 2. The fourth-order valence-electron chi connectivity index (χ4n) is 8.33. The number of rotatable bonds is 12. The van der Waals surface area contributed by atoms with Crippen LogP contribution in [0.5, 0.6) is 0 Å². The third kappa shape index (κ3) is 9.07. The number of para-hydroxylation sites is 1. The molecule has 6 N–H and O–H groups in total. The van der Waals surface area contributed by atoms with Crippen LogP contribution in [0.4, 0.5) is 21.0 Å². The molecule has 0 aliphatic carbocycles. The summed E-state index contributed by atoms with van der Waals surface area (Å²) in [5, 5.41) is 23.9. The molecule has 0 saturated carbocycles. The number of fused-ring (bicyclic) bond motifs is 2. The Morgan fingerprint density at radius 3 is 1.95 bits per heavy atom. The van der Waals surface area contributed by atoms with Crippen LogP contribution in [0.2, 0.25) is 0 Å². The van der Waals surface area contributed by atoms with E-state index < -0.39 is 62.6 Å². The summed E-state index contributed by atoms with van der Waals surface area (Å²) in [5.41, 5.74) is 6.05. The zero-order valence-electron chi connectivity index (χ0n) is 35.2. The predicted octanol–water partition coefficient (Wildman–Crippen LogP) is 6.56. The Morgan fingerprint density at radius 2 is 1.33 bits per heavy atom. The first-order valence-electron chi connectivity index (χ1n) is 20.8. The van der Waals surface area contributed by atoms with Gasteiger partial charge in [-0.05, 0) is 99.8 Å². The van der Waals surface area contributed by atoms with Crippen molar-refractivity contribution in [3.8, 4) is 22.5 Å². The van der Waals surface area contributed by atoms with Crippen molar-refractivity contribution < 1.29 is 46.1 Å². The molecule has 2 aromatic heterocycles. The van der Waals surface area contributed by atoms with E-state index in [1.807, 2.05) is 80.8 Å². The van der Waals surface area contributed by atoms with Crippen LogP contribution in [0.15, 0.2) is 101 Å². The van der Waals surface area contributed by atoms with E-state index in [1.165, 1.54) is 24.3 Å². The molecule has 2 fully saturated rings. The van der Waals surface area contributed by atoms with Crippen molar-refractivity contribution in [1.29, 1.82) is 0 Å². The number of aliphatic hydroxyl groups excluding tert-OH is 2. The molecule has 4 atom stereocenters. The number of hydrogen-bond donors (Lipinski definition) is 6. The first kappa shape index (κ1) is 43.6. The van der Waals surface area contributed by atoms with E-state index in [9.17, 15) is 36.6 Å². The van der Waals surface area contributed by atoms with Crippen molar-refractivity contribution in [1.82, 2.24) is 19.4 Å². The minimum absolute atomic E-state index is 0.145. The quantitative estimate of drug-likeness (QED) is 0.0769. The Bertz CT molecular complexity index is 2900. The number of benzene rings is 4. The average Bonchev–Trinajstić information content (AvgIpc) is 4.05. The minimum atomic E-state index is -4.34. The number of nitrogens with one attached hydrogen (secondary N) is 4. The summed E-state index contributed by atoms with van der Waals surface area (Å²) in [6, 6.07) is 26.4. The number of β-amino-alcohol motifs (C(OH)–C–C–N with tert-alkyl or cyclic N) is 2. The predicted molar refractivity (Wildman–Crippen MR) is 240 cm³/mol. The number of sulfonamides is 2. The zero-order valence-corrected chi connectivity index (χ0v) is 36.8. The summed E-state index contributed by atoms with van der Waals surface area (Å²) in [4.78, 5) is 35.4. The van der Waals surface area contributed by atoms with Gasteiger partial charge < -0.3 is 39.5 Å². The molecule has 8 rings (SSSR count). The lowest BCUT2D eigenvalue weighted by molar-refractivity contribution is 0.110. The van der Waals surface area contributed by atoms with Gasteiger partial charge in [0.15, 0.2) is 0 Å². The van der Waals surface area contributed by atoms with Crippen molar-refractivity contribution in [2.45, 2.75) is 80.7 Å². The largest absolute Gasteiger partial charge is 0.446 e. The van der Waals surface area contributed by atoms with Gasteiger partial charge in [-0.15, -0.1) is 0 Å². The van der Waals surface area contributed by atoms with Gasteiger partial charge in [0.25, 0.3) is 20.0 Å². The number of carbonyl (C=O) groups is 2. The molecular formula is C45H50N6O10S2. The molecule has 332 valence electrons.